The van der Waals surface area contributed by atoms with Gasteiger partial charge >= 0.3 is 5.97 Å². The van der Waals surface area contributed by atoms with Gasteiger partial charge in [0.1, 0.15) is 23.1 Å². The molecule has 0 unspecified atom stereocenters. The van der Waals surface area contributed by atoms with Gasteiger partial charge in [0.2, 0.25) is 11.8 Å². The molecule has 2 aromatic carbocycles. The van der Waals surface area contributed by atoms with Crippen LogP contribution in [0.5, 0.6) is 11.5 Å². The van der Waals surface area contributed by atoms with Gasteiger partial charge in [-0.2, -0.15) is 0 Å². The Labute approximate surface area is 241 Å². The zero-order valence-corrected chi connectivity index (χ0v) is 23.8. The number of carboxylic acid groups (broad SMARTS) is 1. The van der Waals surface area contributed by atoms with Crippen molar-refractivity contribution >= 4 is 17.8 Å². The lowest BCUT2D eigenvalue weighted by Crippen LogP contribution is -2.75. The van der Waals surface area contributed by atoms with Gasteiger partial charge in [-0.15, -0.1) is 0 Å². The minimum absolute atomic E-state index is 0.0717. The average Bonchev–Trinajstić information content (AvgIpc) is 3.52. The molecule has 9 nitrogen and oxygen atoms in total. The predicted molar refractivity (Wildman–Crippen MR) is 154 cm³/mol. The molecule has 5 rings (SSSR count). The Hall–Kier alpha value is -3.43. The molecule has 2 aromatic rings. The minimum atomic E-state index is -0.976. The van der Waals surface area contributed by atoms with Crippen molar-refractivity contribution in [1.29, 1.82) is 0 Å². The lowest BCUT2D eigenvalue weighted by atomic mass is 9.80. The number of ether oxygens (including phenoxy) is 1. The number of benzene rings is 2. The number of aliphatic hydroxyl groups is 1. The molecule has 1 saturated carbocycles. The van der Waals surface area contributed by atoms with Crippen molar-refractivity contribution in [2.24, 2.45) is 5.92 Å². The van der Waals surface area contributed by atoms with Gasteiger partial charge in [0.15, 0.2) is 0 Å². The molecule has 2 aliphatic heterocycles. The first-order valence-corrected chi connectivity index (χ1v) is 14.9. The lowest BCUT2D eigenvalue weighted by molar-refractivity contribution is -0.165. The quantitative estimate of drug-likeness (QED) is 0.397. The van der Waals surface area contributed by atoms with Crippen molar-refractivity contribution in [3.05, 3.63) is 59.7 Å². The Morgan fingerprint density at radius 1 is 1.02 bits per heavy atom. The lowest BCUT2D eigenvalue weighted by Gasteiger charge is -2.52. The minimum Gasteiger partial charge on any atom is -0.478 e. The van der Waals surface area contributed by atoms with Crippen molar-refractivity contribution in [2.45, 2.75) is 82.5 Å². The fourth-order valence-electron chi connectivity index (χ4n) is 6.58. The summed E-state index contributed by atoms with van der Waals surface area (Å²) in [5, 5.41) is 23.0. The number of rotatable bonds is 10. The van der Waals surface area contributed by atoms with Gasteiger partial charge in [0.05, 0.1) is 11.7 Å². The summed E-state index contributed by atoms with van der Waals surface area (Å²) in [6, 6.07) is 13.2. The Morgan fingerprint density at radius 3 is 2.22 bits per heavy atom. The summed E-state index contributed by atoms with van der Waals surface area (Å²) in [5.74, 6) is 0.0771. The number of nitrogens with zero attached hydrogens (tertiary/aromatic N) is 2. The van der Waals surface area contributed by atoms with E-state index in [9.17, 15) is 19.5 Å². The third-order valence-electron chi connectivity index (χ3n) is 9.07. The molecule has 0 radical (unpaired) electrons. The Kier molecular flexibility index (Phi) is 8.94. The Balaban J connectivity index is 1.20. The van der Waals surface area contributed by atoms with Crippen LogP contribution < -0.4 is 10.1 Å². The maximum absolute atomic E-state index is 13.7. The summed E-state index contributed by atoms with van der Waals surface area (Å²) in [5.41, 5.74) is 0.463. The van der Waals surface area contributed by atoms with Crippen LogP contribution in [0.3, 0.4) is 0 Å². The van der Waals surface area contributed by atoms with E-state index < -0.39 is 23.7 Å². The summed E-state index contributed by atoms with van der Waals surface area (Å²) in [4.78, 5) is 42.5. The Morgan fingerprint density at radius 2 is 1.63 bits per heavy atom. The summed E-state index contributed by atoms with van der Waals surface area (Å²) >= 11 is 0. The van der Waals surface area contributed by atoms with E-state index in [0.717, 1.165) is 50.6 Å². The number of likely N-dealkylation sites (tertiary alicyclic amines) is 1. The van der Waals surface area contributed by atoms with Gasteiger partial charge in [-0.25, -0.2) is 4.79 Å². The number of nitrogens with one attached hydrogen (secondary N) is 1. The zero-order valence-electron chi connectivity index (χ0n) is 23.8. The number of carbonyl (C=O) groups excluding carboxylic acids is 2. The number of amides is 2. The highest BCUT2D eigenvalue weighted by Gasteiger charge is 2.55. The molecule has 1 aliphatic carbocycles. The molecule has 2 atom stereocenters. The van der Waals surface area contributed by atoms with E-state index in [0.29, 0.717) is 44.0 Å². The molecule has 3 N–H and O–H groups in total. The number of aromatic carboxylic acids is 1. The second kappa shape index (κ2) is 12.6. The highest BCUT2D eigenvalue weighted by molar-refractivity contribution is 6.00. The van der Waals surface area contributed by atoms with Crippen LogP contribution in [0.2, 0.25) is 0 Å². The summed E-state index contributed by atoms with van der Waals surface area (Å²) < 4.78 is 5.85. The van der Waals surface area contributed by atoms with Crippen molar-refractivity contribution in [1.82, 2.24) is 15.1 Å². The van der Waals surface area contributed by atoms with Crippen LogP contribution in [0.1, 0.15) is 74.2 Å². The van der Waals surface area contributed by atoms with Crippen LogP contribution in [-0.2, 0) is 16.1 Å². The fraction of sp³-hybridized carbons (Fsp3) is 0.531. The first-order chi connectivity index (χ1) is 19.8. The van der Waals surface area contributed by atoms with Gasteiger partial charge in [0.25, 0.3) is 0 Å². The van der Waals surface area contributed by atoms with Crippen molar-refractivity contribution in [3.63, 3.8) is 0 Å². The van der Waals surface area contributed by atoms with Gasteiger partial charge in [0, 0.05) is 26.2 Å². The predicted octanol–water partition coefficient (Wildman–Crippen LogP) is 4.19. The fourth-order valence-corrected chi connectivity index (χ4v) is 6.58. The number of hydrogen-bond donors (Lipinski definition) is 3. The molecule has 3 aliphatic rings. The highest BCUT2D eigenvalue weighted by Crippen LogP contribution is 2.37. The second-order valence-electron chi connectivity index (χ2n) is 11.7. The maximum Gasteiger partial charge on any atom is 0.335 e. The first kappa shape index (κ1) is 29.1. The number of piperazine rings is 1. The van der Waals surface area contributed by atoms with Crippen LogP contribution in [0, 0.1) is 5.92 Å². The van der Waals surface area contributed by atoms with Crippen LogP contribution in [0.4, 0.5) is 0 Å². The number of aliphatic hydroxyl groups excluding tert-OH is 1. The number of carbonyl (C=O) groups is 3. The van der Waals surface area contributed by atoms with Crippen molar-refractivity contribution in [3.8, 4) is 11.5 Å². The number of carboxylic acids is 1. The van der Waals surface area contributed by atoms with Crippen LogP contribution in [0.25, 0.3) is 0 Å². The zero-order chi connectivity index (χ0) is 29.0. The molecule has 0 aromatic heterocycles. The molecule has 0 bridgehead atoms. The highest BCUT2D eigenvalue weighted by atomic mass is 16.5. The monoisotopic (exact) mass is 563 g/mol. The van der Waals surface area contributed by atoms with Crippen molar-refractivity contribution in [2.75, 3.05) is 19.6 Å². The molecule has 3 fully saturated rings. The summed E-state index contributed by atoms with van der Waals surface area (Å²) in [6.45, 7) is 4.72. The van der Waals surface area contributed by atoms with E-state index in [1.165, 1.54) is 12.1 Å². The molecule has 220 valence electrons. The summed E-state index contributed by atoms with van der Waals surface area (Å²) in [6.07, 6.45) is 5.99. The van der Waals surface area contributed by atoms with E-state index in [-0.39, 0.29) is 23.3 Å². The molecule has 2 heterocycles. The number of piperidine rings is 1. The van der Waals surface area contributed by atoms with E-state index in [4.69, 9.17) is 9.84 Å². The first-order valence-electron chi connectivity index (χ1n) is 14.9. The number of hydrogen-bond acceptors (Lipinski definition) is 6. The molecule has 2 saturated heterocycles. The molecular formula is C32H41N3O6. The van der Waals surface area contributed by atoms with Crippen molar-refractivity contribution < 1.29 is 29.3 Å². The average molecular weight is 564 g/mol. The van der Waals surface area contributed by atoms with E-state index >= 15 is 0 Å². The molecule has 41 heavy (non-hydrogen) atoms. The summed E-state index contributed by atoms with van der Waals surface area (Å²) in [7, 11) is 0. The number of unbranched alkanes of at least 4 members (excludes halogenated alkanes) is 1. The second-order valence-corrected chi connectivity index (χ2v) is 11.7. The van der Waals surface area contributed by atoms with Crippen LogP contribution in [-0.4, -0.2) is 75.1 Å². The van der Waals surface area contributed by atoms with E-state index in [1.807, 2.05) is 29.2 Å². The molecule has 1 spiro atoms. The van der Waals surface area contributed by atoms with Gasteiger partial charge in [-0.05, 0) is 80.0 Å². The molecular weight excluding hydrogens is 522 g/mol. The Bertz CT molecular complexity index is 1220. The van der Waals surface area contributed by atoms with Gasteiger partial charge in [-0.3, -0.25) is 14.5 Å². The van der Waals surface area contributed by atoms with E-state index in [1.54, 1.807) is 12.1 Å². The smallest absolute Gasteiger partial charge is 0.335 e. The molecule has 9 heteroatoms. The standard InChI is InChI=1S/C32H41N3O6/c1-2-3-18-35-29(37)27(28(36)23-6-4-5-7-23)33-31(40)32(35)16-19-34(20-17-32)21-22-8-12-25(13-9-22)41-26-14-10-24(11-15-26)30(38)39/h8-15,23,27-28,36H,2-7,16-21H2,1H3,(H,33,40)(H,38,39)/t27-,28-/m1/s1. The van der Waals surface area contributed by atoms with Gasteiger partial charge in [-0.1, -0.05) is 38.3 Å². The SMILES string of the molecule is CCCCN1C(=O)[C@@H]([C@H](O)C2CCCC2)NC(=O)C12CCN(Cc1ccc(Oc3ccc(C(=O)O)cc3)cc1)CC2. The molecule has 2 amide bonds. The van der Waals surface area contributed by atoms with E-state index in [2.05, 4.69) is 17.1 Å². The van der Waals surface area contributed by atoms with Crippen LogP contribution in [0.15, 0.2) is 48.5 Å². The van der Waals surface area contributed by atoms with Crippen LogP contribution >= 0.6 is 0 Å². The largest absolute Gasteiger partial charge is 0.478 e. The maximum atomic E-state index is 13.7. The van der Waals surface area contributed by atoms with Gasteiger partial charge < -0.3 is 25.2 Å². The topological polar surface area (TPSA) is 119 Å². The third-order valence-corrected chi connectivity index (χ3v) is 9.07. The third kappa shape index (κ3) is 6.26. The normalized spacial score (nSPS) is 22.1.